The van der Waals surface area contributed by atoms with E-state index in [1.54, 1.807) is 6.92 Å². The van der Waals surface area contributed by atoms with E-state index in [-0.39, 0.29) is 17.9 Å². The number of hydrazone groups is 1. The van der Waals surface area contributed by atoms with Crippen LogP contribution in [0.25, 0.3) is 0 Å². The molecule has 2 rings (SSSR count). The average Bonchev–Trinajstić information content (AvgIpc) is 2.54. The first-order valence-corrected chi connectivity index (χ1v) is 7.08. The fourth-order valence-electron chi connectivity index (χ4n) is 1.85. The summed E-state index contributed by atoms with van der Waals surface area (Å²) in [6.07, 6.45) is -0.0548. The second kappa shape index (κ2) is 7.96. The van der Waals surface area contributed by atoms with Gasteiger partial charge in [0.2, 0.25) is 5.91 Å². The van der Waals surface area contributed by atoms with Gasteiger partial charge in [0, 0.05) is 17.0 Å². The highest BCUT2D eigenvalue weighted by molar-refractivity contribution is 6.06. The van der Waals surface area contributed by atoms with Gasteiger partial charge in [-0.1, -0.05) is 6.07 Å². The van der Waals surface area contributed by atoms with Crippen molar-refractivity contribution in [2.24, 2.45) is 5.10 Å². The number of hydrogen-bond acceptors (Lipinski definition) is 3. The first-order chi connectivity index (χ1) is 11.4. The number of nitrogens with one attached hydrogen (secondary N) is 2. The molecule has 2 N–H and O–H groups in total. The van der Waals surface area contributed by atoms with Crippen molar-refractivity contribution in [3.63, 3.8) is 0 Å². The van der Waals surface area contributed by atoms with Crippen LogP contribution in [-0.4, -0.2) is 17.5 Å². The molecule has 2 aromatic rings. The molecule has 124 valence electrons. The van der Waals surface area contributed by atoms with E-state index in [0.29, 0.717) is 11.4 Å². The van der Waals surface area contributed by atoms with Crippen molar-refractivity contribution in [1.29, 1.82) is 0 Å². The fourth-order valence-corrected chi connectivity index (χ4v) is 1.85. The molecule has 0 atom stereocenters. The van der Waals surface area contributed by atoms with Crippen LogP contribution >= 0.6 is 0 Å². The van der Waals surface area contributed by atoms with E-state index < -0.39 is 17.5 Å². The number of hydrogen-bond donors (Lipinski definition) is 2. The third-order valence-electron chi connectivity index (χ3n) is 2.98. The van der Waals surface area contributed by atoms with Crippen molar-refractivity contribution in [2.75, 3.05) is 5.32 Å². The quantitative estimate of drug-likeness (QED) is 0.653. The molecule has 2 aromatic carbocycles. The zero-order valence-corrected chi connectivity index (χ0v) is 12.8. The zero-order valence-electron chi connectivity index (χ0n) is 12.8. The fraction of sp³-hybridized carbons (Fsp3) is 0.118. The Morgan fingerprint density at radius 2 is 1.75 bits per heavy atom. The molecular formula is C17H15F2N3O2. The number of carbonyl (C=O) groups excluding carboxylic acids is 2. The zero-order chi connectivity index (χ0) is 17.5. The molecular weight excluding hydrogens is 316 g/mol. The summed E-state index contributed by atoms with van der Waals surface area (Å²) in [6, 6.07) is 10.5. The summed E-state index contributed by atoms with van der Waals surface area (Å²) in [5.74, 6) is -1.86. The van der Waals surface area contributed by atoms with Crippen LogP contribution in [0.5, 0.6) is 0 Å². The van der Waals surface area contributed by atoms with Gasteiger partial charge in [-0.25, -0.2) is 14.2 Å². The Bertz CT molecular complexity index is 774. The van der Waals surface area contributed by atoms with E-state index in [1.807, 2.05) is 0 Å². The maximum Gasteiger partial charge on any atom is 0.271 e. The maximum absolute atomic E-state index is 13.0. The number of halogens is 2. The van der Waals surface area contributed by atoms with Crippen molar-refractivity contribution in [3.8, 4) is 0 Å². The average molecular weight is 331 g/mol. The maximum atomic E-state index is 13.0. The number of rotatable bonds is 5. The van der Waals surface area contributed by atoms with Crippen molar-refractivity contribution in [1.82, 2.24) is 5.43 Å². The second-order valence-electron chi connectivity index (χ2n) is 5.03. The van der Waals surface area contributed by atoms with E-state index in [9.17, 15) is 18.4 Å². The van der Waals surface area contributed by atoms with Gasteiger partial charge in [0.05, 0.1) is 6.42 Å². The highest BCUT2D eigenvalue weighted by atomic mass is 19.1. The Balaban J connectivity index is 1.87. The van der Waals surface area contributed by atoms with Gasteiger partial charge in [-0.2, -0.15) is 5.10 Å². The van der Waals surface area contributed by atoms with Crippen LogP contribution in [0.15, 0.2) is 53.6 Å². The topological polar surface area (TPSA) is 70.6 Å². The number of anilines is 1. The Labute approximate surface area is 137 Å². The first-order valence-electron chi connectivity index (χ1n) is 7.08. The number of nitrogens with zero attached hydrogens (tertiary/aromatic N) is 1. The first kappa shape index (κ1) is 17.3. The van der Waals surface area contributed by atoms with E-state index in [2.05, 4.69) is 15.8 Å². The van der Waals surface area contributed by atoms with E-state index in [1.165, 1.54) is 42.5 Å². The van der Waals surface area contributed by atoms with Gasteiger partial charge in [0.25, 0.3) is 5.91 Å². The van der Waals surface area contributed by atoms with Crippen LogP contribution in [0.4, 0.5) is 14.5 Å². The number of amides is 2. The summed E-state index contributed by atoms with van der Waals surface area (Å²) < 4.78 is 25.8. The van der Waals surface area contributed by atoms with Gasteiger partial charge in [0.15, 0.2) is 0 Å². The predicted molar refractivity (Wildman–Crippen MR) is 86.6 cm³/mol. The van der Waals surface area contributed by atoms with E-state index in [0.717, 1.165) is 6.07 Å². The van der Waals surface area contributed by atoms with Crippen LogP contribution in [0.3, 0.4) is 0 Å². The summed E-state index contributed by atoms with van der Waals surface area (Å²) >= 11 is 0. The van der Waals surface area contributed by atoms with E-state index >= 15 is 0 Å². The second-order valence-corrected chi connectivity index (χ2v) is 5.03. The Hall–Kier alpha value is -3.09. The summed E-state index contributed by atoms with van der Waals surface area (Å²) in [4.78, 5) is 23.6. The lowest BCUT2D eigenvalue weighted by molar-refractivity contribution is -0.115. The predicted octanol–water partition coefficient (Wildman–Crippen LogP) is 3.10. The van der Waals surface area contributed by atoms with Gasteiger partial charge < -0.3 is 5.32 Å². The molecule has 0 aliphatic rings. The van der Waals surface area contributed by atoms with Gasteiger partial charge in [0.1, 0.15) is 11.6 Å². The van der Waals surface area contributed by atoms with Crippen molar-refractivity contribution >= 4 is 23.2 Å². The lowest BCUT2D eigenvalue weighted by Crippen LogP contribution is -2.21. The molecule has 0 aliphatic heterocycles. The molecule has 0 fully saturated rings. The van der Waals surface area contributed by atoms with Gasteiger partial charge in [-0.05, 0) is 49.4 Å². The molecule has 7 heteroatoms. The smallest absolute Gasteiger partial charge is 0.271 e. The Kier molecular flexibility index (Phi) is 5.73. The lowest BCUT2D eigenvalue weighted by Gasteiger charge is -2.05. The van der Waals surface area contributed by atoms with Crippen LogP contribution in [0, 0.1) is 11.6 Å². The van der Waals surface area contributed by atoms with Gasteiger partial charge in [-0.15, -0.1) is 0 Å². The normalized spacial score (nSPS) is 11.0. The van der Waals surface area contributed by atoms with Crippen LogP contribution < -0.4 is 10.7 Å². The molecule has 24 heavy (non-hydrogen) atoms. The third-order valence-corrected chi connectivity index (χ3v) is 2.98. The minimum absolute atomic E-state index is 0.0548. The highest BCUT2D eigenvalue weighted by Crippen LogP contribution is 2.08. The molecule has 0 aliphatic carbocycles. The summed E-state index contributed by atoms with van der Waals surface area (Å²) in [5.41, 5.74) is 3.20. The molecule has 0 bridgehead atoms. The molecule has 0 unspecified atom stereocenters. The van der Waals surface area contributed by atoms with Crippen molar-refractivity contribution in [3.05, 3.63) is 65.7 Å². The third kappa shape index (κ3) is 5.28. The van der Waals surface area contributed by atoms with Crippen molar-refractivity contribution in [2.45, 2.75) is 13.3 Å². The molecule has 0 radical (unpaired) electrons. The standard InChI is InChI=1S/C17H15F2N3O2/c1-11(9-16(23)20-15-7-5-13(18)6-8-15)21-22-17(24)12-3-2-4-14(19)10-12/h2-8,10H,9H2,1H3,(H,20,23)(H,22,24). The largest absolute Gasteiger partial charge is 0.326 e. The summed E-state index contributed by atoms with van der Waals surface area (Å²) in [5, 5.41) is 6.38. The Morgan fingerprint density at radius 3 is 2.42 bits per heavy atom. The molecule has 0 spiro atoms. The number of benzene rings is 2. The molecule has 0 heterocycles. The van der Waals surface area contributed by atoms with E-state index in [4.69, 9.17) is 0 Å². The van der Waals surface area contributed by atoms with Gasteiger partial charge >= 0.3 is 0 Å². The molecule has 2 amide bonds. The molecule has 0 aromatic heterocycles. The van der Waals surface area contributed by atoms with Crippen LogP contribution in [-0.2, 0) is 4.79 Å². The van der Waals surface area contributed by atoms with Crippen LogP contribution in [0.2, 0.25) is 0 Å². The SMILES string of the molecule is CC(CC(=O)Nc1ccc(F)cc1)=NNC(=O)c1cccc(F)c1. The number of carbonyl (C=O) groups is 2. The summed E-state index contributed by atoms with van der Waals surface area (Å²) in [7, 11) is 0. The lowest BCUT2D eigenvalue weighted by atomic mass is 10.2. The molecule has 0 saturated carbocycles. The van der Waals surface area contributed by atoms with Gasteiger partial charge in [-0.3, -0.25) is 9.59 Å². The Morgan fingerprint density at radius 1 is 1.04 bits per heavy atom. The molecule has 5 nitrogen and oxygen atoms in total. The monoisotopic (exact) mass is 331 g/mol. The minimum atomic E-state index is -0.576. The highest BCUT2D eigenvalue weighted by Gasteiger charge is 2.08. The van der Waals surface area contributed by atoms with Crippen molar-refractivity contribution < 1.29 is 18.4 Å². The van der Waals surface area contributed by atoms with Crippen LogP contribution in [0.1, 0.15) is 23.7 Å². The summed E-state index contributed by atoms with van der Waals surface area (Å²) in [6.45, 7) is 1.57. The molecule has 0 saturated heterocycles. The minimum Gasteiger partial charge on any atom is -0.326 e.